The Hall–Kier alpha value is -2.51. The van der Waals surface area contributed by atoms with E-state index >= 15 is 0 Å². The van der Waals surface area contributed by atoms with E-state index in [9.17, 15) is 14.0 Å². The van der Waals surface area contributed by atoms with E-state index in [0.29, 0.717) is 19.6 Å². The molecule has 1 amide bonds. The Balaban J connectivity index is 1.41. The number of hydrogen-bond donors (Lipinski definition) is 1. The van der Waals surface area contributed by atoms with Gasteiger partial charge in [-0.15, -0.1) is 0 Å². The largest absolute Gasteiger partial charge is 0.326 e. The molecule has 1 N–H and O–H groups in total. The van der Waals surface area contributed by atoms with Crippen LogP contribution in [-0.4, -0.2) is 28.5 Å². The number of aryl methyl sites for hydroxylation is 1. The second-order valence-electron chi connectivity index (χ2n) is 7.48. The van der Waals surface area contributed by atoms with Crippen LogP contribution in [0.3, 0.4) is 0 Å². The Morgan fingerprint density at radius 2 is 2.03 bits per heavy atom. The maximum atomic E-state index is 13.1. The summed E-state index contributed by atoms with van der Waals surface area (Å²) >= 11 is 1.20. The highest BCUT2D eigenvalue weighted by molar-refractivity contribution is 7.16. The lowest BCUT2D eigenvalue weighted by molar-refractivity contribution is -0.121. The summed E-state index contributed by atoms with van der Waals surface area (Å²) in [6, 6.07) is 12.2. The first kappa shape index (κ1) is 19.8. The van der Waals surface area contributed by atoms with Gasteiger partial charge in [0.2, 0.25) is 5.91 Å². The van der Waals surface area contributed by atoms with Crippen LogP contribution in [0.2, 0.25) is 0 Å². The molecule has 0 spiro atoms. The number of anilines is 1. The molecule has 0 aliphatic carbocycles. The van der Waals surface area contributed by atoms with Crippen LogP contribution in [0.15, 0.2) is 47.3 Å². The molecule has 1 fully saturated rings. The number of hydrogen-bond acceptors (Lipinski definition) is 4. The molecule has 1 saturated heterocycles. The number of halogens is 1. The molecule has 2 aromatic carbocycles. The number of thiazole rings is 1. The topological polar surface area (TPSA) is 54.3 Å². The van der Waals surface area contributed by atoms with E-state index < -0.39 is 0 Å². The summed E-state index contributed by atoms with van der Waals surface area (Å²) in [5, 5.41) is 3.02. The molecule has 3 aromatic rings. The SMILES string of the molecule is CCn1c(=O)sc2cc(NC(=O)C3CCCN(Cc4ccc(F)cc4)C3)ccc21. The highest BCUT2D eigenvalue weighted by Gasteiger charge is 2.26. The molecule has 1 aliphatic heterocycles. The number of carbonyl (C=O) groups excluding carboxylic acids is 1. The van der Waals surface area contributed by atoms with Crippen LogP contribution in [0.4, 0.5) is 10.1 Å². The van der Waals surface area contributed by atoms with E-state index in [0.717, 1.165) is 40.9 Å². The van der Waals surface area contributed by atoms with E-state index in [1.165, 1.54) is 23.5 Å². The predicted molar refractivity (Wildman–Crippen MR) is 115 cm³/mol. The zero-order valence-corrected chi connectivity index (χ0v) is 17.2. The van der Waals surface area contributed by atoms with Crippen molar-refractivity contribution >= 4 is 33.1 Å². The zero-order valence-electron chi connectivity index (χ0n) is 16.4. The Bertz CT molecular complexity index is 1070. The lowest BCUT2D eigenvalue weighted by atomic mass is 9.96. The molecule has 2 heterocycles. The van der Waals surface area contributed by atoms with Crippen molar-refractivity contribution in [2.24, 2.45) is 5.92 Å². The maximum Gasteiger partial charge on any atom is 0.308 e. The minimum Gasteiger partial charge on any atom is -0.326 e. The zero-order chi connectivity index (χ0) is 20.4. The van der Waals surface area contributed by atoms with Gasteiger partial charge in [-0.25, -0.2) is 4.39 Å². The number of aromatic nitrogens is 1. The summed E-state index contributed by atoms with van der Waals surface area (Å²) in [5.41, 5.74) is 2.68. The molecule has 1 unspecified atom stereocenters. The number of piperidine rings is 1. The fourth-order valence-electron chi connectivity index (χ4n) is 3.95. The van der Waals surface area contributed by atoms with Gasteiger partial charge in [0.15, 0.2) is 0 Å². The van der Waals surface area contributed by atoms with Gasteiger partial charge in [0.1, 0.15) is 5.82 Å². The van der Waals surface area contributed by atoms with Crippen LogP contribution in [0, 0.1) is 11.7 Å². The molecule has 1 atom stereocenters. The number of fused-ring (bicyclic) bond motifs is 1. The standard InChI is InChI=1S/C22H24FN3O2S/c1-2-26-19-10-9-18(12-20(19)29-22(26)28)24-21(27)16-4-3-11-25(14-16)13-15-5-7-17(23)8-6-15/h5-10,12,16H,2-4,11,13-14H2,1H3,(H,24,27). The quantitative estimate of drug-likeness (QED) is 0.686. The molecule has 152 valence electrons. The predicted octanol–water partition coefficient (Wildman–Crippen LogP) is 4.07. The van der Waals surface area contributed by atoms with Crippen LogP contribution in [0.25, 0.3) is 10.2 Å². The fourth-order valence-corrected chi connectivity index (χ4v) is 4.94. The number of nitrogens with one attached hydrogen (secondary N) is 1. The van der Waals surface area contributed by atoms with E-state index in [-0.39, 0.29) is 22.5 Å². The van der Waals surface area contributed by atoms with Crippen LogP contribution in [-0.2, 0) is 17.9 Å². The number of benzene rings is 2. The average Bonchev–Trinajstić information content (AvgIpc) is 3.04. The first-order valence-corrected chi connectivity index (χ1v) is 10.8. The molecule has 5 nitrogen and oxygen atoms in total. The molecular formula is C22H24FN3O2S. The Morgan fingerprint density at radius 3 is 2.79 bits per heavy atom. The van der Waals surface area contributed by atoms with Gasteiger partial charge in [-0.1, -0.05) is 23.5 Å². The van der Waals surface area contributed by atoms with Crippen molar-refractivity contribution in [1.29, 1.82) is 0 Å². The minimum atomic E-state index is -0.235. The number of nitrogens with zero attached hydrogens (tertiary/aromatic N) is 2. The number of amides is 1. The molecule has 29 heavy (non-hydrogen) atoms. The molecule has 4 rings (SSSR count). The van der Waals surface area contributed by atoms with Crippen molar-refractivity contribution in [3.8, 4) is 0 Å². The van der Waals surface area contributed by atoms with Crippen molar-refractivity contribution in [3.63, 3.8) is 0 Å². The molecule has 0 radical (unpaired) electrons. The molecule has 0 saturated carbocycles. The Labute approximate surface area is 172 Å². The van der Waals surface area contributed by atoms with Crippen molar-refractivity contribution in [2.45, 2.75) is 32.9 Å². The first-order chi connectivity index (χ1) is 14.0. The summed E-state index contributed by atoms with van der Waals surface area (Å²) in [6.45, 7) is 4.92. The molecule has 1 aliphatic rings. The highest BCUT2D eigenvalue weighted by atomic mass is 32.1. The van der Waals surface area contributed by atoms with Crippen molar-refractivity contribution in [2.75, 3.05) is 18.4 Å². The van der Waals surface area contributed by atoms with E-state index in [1.54, 1.807) is 16.7 Å². The summed E-state index contributed by atoms with van der Waals surface area (Å²) < 4.78 is 15.7. The second kappa shape index (κ2) is 8.47. The van der Waals surface area contributed by atoms with Gasteiger partial charge >= 0.3 is 4.87 Å². The van der Waals surface area contributed by atoms with Crippen LogP contribution < -0.4 is 10.2 Å². The Morgan fingerprint density at radius 1 is 1.24 bits per heavy atom. The van der Waals surface area contributed by atoms with Gasteiger partial charge in [0.25, 0.3) is 0 Å². The van der Waals surface area contributed by atoms with Crippen molar-refractivity contribution in [1.82, 2.24) is 9.47 Å². The molecule has 7 heteroatoms. The van der Waals surface area contributed by atoms with Gasteiger partial charge in [-0.05, 0) is 62.2 Å². The van der Waals surface area contributed by atoms with Gasteiger partial charge in [0, 0.05) is 25.3 Å². The van der Waals surface area contributed by atoms with E-state index in [1.807, 2.05) is 25.1 Å². The monoisotopic (exact) mass is 413 g/mol. The number of likely N-dealkylation sites (tertiary alicyclic amines) is 1. The maximum absolute atomic E-state index is 13.1. The van der Waals surface area contributed by atoms with Crippen molar-refractivity contribution < 1.29 is 9.18 Å². The summed E-state index contributed by atoms with van der Waals surface area (Å²) in [5.74, 6) is -0.310. The third kappa shape index (κ3) is 4.41. The molecule has 0 bridgehead atoms. The number of rotatable bonds is 5. The smallest absolute Gasteiger partial charge is 0.308 e. The highest BCUT2D eigenvalue weighted by Crippen LogP contribution is 2.24. The van der Waals surface area contributed by atoms with Crippen LogP contribution >= 0.6 is 11.3 Å². The summed E-state index contributed by atoms with van der Waals surface area (Å²) in [7, 11) is 0. The fraction of sp³-hybridized carbons (Fsp3) is 0.364. The van der Waals surface area contributed by atoms with Crippen molar-refractivity contribution in [3.05, 3.63) is 63.5 Å². The van der Waals surface area contributed by atoms with Crippen LogP contribution in [0.1, 0.15) is 25.3 Å². The van der Waals surface area contributed by atoms with Gasteiger partial charge in [-0.2, -0.15) is 0 Å². The first-order valence-electron chi connectivity index (χ1n) is 9.94. The van der Waals surface area contributed by atoms with E-state index in [2.05, 4.69) is 10.2 Å². The third-order valence-electron chi connectivity index (χ3n) is 5.45. The summed E-state index contributed by atoms with van der Waals surface area (Å²) in [6.07, 6.45) is 1.81. The molecular weight excluding hydrogens is 389 g/mol. The van der Waals surface area contributed by atoms with E-state index in [4.69, 9.17) is 0 Å². The molecule has 1 aromatic heterocycles. The number of carbonyl (C=O) groups is 1. The average molecular weight is 414 g/mol. The van der Waals surface area contributed by atoms with Crippen LogP contribution in [0.5, 0.6) is 0 Å². The normalized spacial score (nSPS) is 17.5. The minimum absolute atomic E-state index is 0.00965. The second-order valence-corrected chi connectivity index (χ2v) is 8.48. The van der Waals surface area contributed by atoms with Gasteiger partial charge in [-0.3, -0.25) is 19.1 Å². The lowest BCUT2D eigenvalue weighted by Gasteiger charge is -2.32. The Kier molecular flexibility index (Phi) is 5.78. The lowest BCUT2D eigenvalue weighted by Crippen LogP contribution is -2.40. The van der Waals surface area contributed by atoms with Gasteiger partial charge < -0.3 is 5.32 Å². The summed E-state index contributed by atoms with van der Waals surface area (Å²) in [4.78, 5) is 27.1. The third-order valence-corrected chi connectivity index (χ3v) is 6.39. The van der Waals surface area contributed by atoms with Gasteiger partial charge in [0.05, 0.1) is 16.1 Å².